The standard InChI is InChI=1S/C77H74N10O4/c1-9-85-68-35-29-51(71(78)79-6)43-65(68)82-72(85)60-23-13-10-20-55(60)54-33-27-49(41-48(54)5)18-16-38-86-69-36-30-53(76(89)81-8)45-67(69)84-74(86)62-25-15-12-22-57(62)59-34-28-50(42-64(59)77(90)91)19-17-39-87-70-37-31-52(75(88)80-7)44-66(70)83-73(87)61-24-14-11-21-56(61)58-32-26-47(4)40-63(58)46(2)3/h10-15,20-37,40-46H,9,16-19,38-39H2,1-8H3,(H2,78,79)(H,80,88)(H,81,89)(H,90,91). The quantitative estimate of drug-likeness (QED) is 0.0369. The number of aromatic carboxylic acids is 1. The fourth-order valence-electron chi connectivity index (χ4n) is 13.0. The topological polar surface area (TPSA) is 185 Å². The Labute approximate surface area is 530 Å². The normalized spacial score (nSPS) is 11.5. The summed E-state index contributed by atoms with van der Waals surface area (Å²) in [6.07, 6.45) is 2.80. The van der Waals surface area contributed by atoms with Gasteiger partial charge in [-0.15, -0.1) is 0 Å². The van der Waals surface area contributed by atoms with Gasteiger partial charge in [0.15, 0.2) is 0 Å². The van der Waals surface area contributed by atoms with Gasteiger partial charge in [0, 0.05) is 74.2 Å². The average molecular weight is 1200 g/mol. The van der Waals surface area contributed by atoms with Gasteiger partial charge in [0.05, 0.1) is 38.7 Å². The number of carboxylic acid groups (broad SMARTS) is 1. The van der Waals surface area contributed by atoms with Crippen molar-refractivity contribution in [3.8, 4) is 67.5 Å². The van der Waals surface area contributed by atoms with E-state index in [4.69, 9.17) is 20.4 Å². The zero-order valence-electron chi connectivity index (χ0n) is 52.7. The number of rotatable bonds is 20. The molecule has 0 aliphatic rings. The monoisotopic (exact) mass is 1200 g/mol. The van der Waals surface area contributed by atoms with Gasteiger partial charge >= 0.3 is 5.97 Å². The molecule has 0 spiro atoms. The largest absolute Gasteiger partial charge is 0.478 e. The predicted octanol–water partition coefficient (Wildman–Crippen LogP) is 15.7. The predicted molar refractivity (Wildman–Crippen MR) is 367 cm³/mol. The molecule has 0 aliphatic carbocycles. The van der Waals surface area contributed by atoms with E-state index in [2.05, 4.69) is 149 Å². The number of fused-ring (bicyclic) bond motifs is 3. The number of aryl methyl sites for hydroxylation is 7. The van der Waals surface area contributed by atoms with Crippen LogP contribution in [0.15, 0.2) is 182 Å². The lowest BCUT2D eigenvalue weighted by molar-refractivity contribution is 0.0697. The Hall–Kier alpha value is -10.7. The molecule has 0 aliphatic heterocycles. The summed E-state index contributed by atoms with van der Waals surface area (Å²) in [5.74, 6) is 1.55. The summed E-state index contributed by atoms with van der Waals surface area (Å²) in [6.45, 7) is 12.8. The van der Waals surface area contributed by atoms with Crippen LogP contribution in [0.3, 0.4) is 0 Å². The minimum atomic E-state index is -1.04. The third-order valence-corrected chi connectivity index (χ3v) is 17.6. The van der Waals surface area contributed by atoms with Gasteiger partial charge in [0.2, 0.25) is 0 Å². The summed E-state index contributed by atoms with van der Waals surface area (Å²) in [4.78, 5) is 55.1. The summed E-state index contributed by atoms with van der Waals surface area (Å²) in [5.41, 5.74) is 21.2. The Morgan fingerprint density at radius 1 is 0.473 bits per heavy atom. The van der Waals surface area contributed by atoms with Crippen molar-refractivity contribution in [2.75, 3.05) is 21.1 Å². The minimum absolute atomic E-state index is 0.185. The highest BCUT2D eigenvalue weighted by molar-refractivity contribution is 6.02. The maximum Gasteiger partial charge on any atom is 0.336 e. The molecule has 2 amide bonds. The molecule has 456 valence electrons. The Bertz CT molecular complexity index is 4830. The van der Waals surface area contributed by atoms with Gasteiger partial charge in [-0.3, -0.25) is 15.0 Å². The molecule has 0 unspecified atom stereocenters. The third-order valence-electron chi connectivity index (χ3n) is 17.6. The first-order chi connectivity index (χ1) is 44.2. The van der Waals surface area contributed by atoms with Crippen LogP contribution < -0.4 is 16.0 Å². The summed E-state index contributed by atoms with van der Waals surface area (Å²) >= 11 is 0. The molecule has 0 saturated heterocycles. The second kappa shape index (κ2) is 25.8. The highest BCUT2D eigenvalue weighted by Crippen LogP contribution is 2.41. The first-order valence-electron chi connectivity index (χ1n) is 31.2. The van der Waals surface area contributed by atoms with E-state index >= 15 is 0 Å². The number of carbonyl (C=O) groups excluding carboxylic acids is 2. The average Bonchev–Trinajstić information content (AvgIpc) is 1.69. The summed E-state index contributed by atoms with van der Waals surface area (Å²) in [5, 5.41) is 27.9. The Balaban J connectivity index is 0.832. The zero-order valence-corrected chi connectivity index (χ0v) is 52.7. The lowest BCUT2D eigenvalue weighted by Gasteiger charge is -2.18. The maximum atomic E-state index is 13.5. The van der Waals surface area contributed by atoms with Gasteiger partial charge in [0.25, 0.3) is 11.8 Å². The number of hydrogen-bond acceptors (Lipinski definition) is 7. The number of carbonyl (C=O) groups is 3. The van der Waals surface area contributed by atoms with E-state index in [9.17, 15) is 19.5 Å². The number of amides is 2. The van der Waals surface area contributed by atoms with Crippen LogP contribution in [0.2, 0.25) is 0 Å². The Kier molecular flexibility index (Phi) is 17.1. The highest BCUT2D eigenvalue weighted by Gasteiger charge is 2.25. The molecule has 5 N–H and O–H groups in total. The lowest BCUT2D eigenvalue weighted by Crippen LogP contribution is -2.17. The van der Waals surface area contributed by atoms with E-state index in [1.54, 1.807) is 27.2 Å². The SMILES string of the molecule is CCn1c(-c2ccccc2-c2ccc(CCCn3c(-c4ccccc4-c4ccc(CCCn5c(-c6ccccc6-c6ccc(C)cc6C(C)C)nc6cc(C(=O)NC)ccc65)cc4C(=O)O)nc4cc(C(=O)NC)ccc43)cc2C)nc2cc(C(=N)NC)ccc21. The minimum Gasteiger partial charge on any atom is -0.478 e. The van der Waals surface area contributed by atoms with Crippen LogP contribution in [0.5, 0.6) is 0 Å². The molecular formula is C77H74N10O4. The molecule has 0 radical (unpaired) electrons. The molecule has 14 nitrogen and oxygen atoms in total. The van der Waals surface area contributed by atoms with Crippen molar-refractivity contribution in [3.63, 3.8) is 0 Å². The Morgan fingerprint density at radius 3 is 1.37 bits per heavy atom. The molecule has 12 rings (SSSR count). The molecule has 14 heteroatoms. The molecular weight excluding hydrogens is 1130 g/mol. The van der Waals surface area contributed by atoms with Crippen molar-refractivity contribution < 1.29 is 19.5 Å². The zero-order chi connectivity index (χ0) is 63.6. The van der Waals surface area contributed by atoms with Crippen molar-refractivity contribution in [2.24, 2.45) is 0 Å². The molecule has 0 bridgehead atoms. The molecule has 9 aromatic carbocycles. The number of benzene rings is 9. The number of hydrogen-bond donors (Lipinski definition) is 5. The van der Waals surface area contributed by atoms with Gasteiger partial charge < -0.3 is 34.8 Å². The molecule has 12 aromatic rings. The van der Waals surface area contributed by atoms with Crippen LogP contribution in [0.4, 0.5) is 0 Å². The van der Waals surface area contributed by atoms with Crippen molar-refractivity contribution in [3.05, 3.63) is 232 Å². The number of carboxylic acids is 1. The van der Waals surface area contributed by atoms with Crippen molar-refractivity contribution in [1.82, 2.24) is 44.6 Å². The van der Waals surface area contributed by atoms with E-state index in [0.717, 1.165) is 114 Å². The van der Waals surface area contributed by atoms with Crippen LogP contribution in [0.1, 0.15) is 104 Å². The third kappa shape index (κ3) is 11.8. The van der Waals surface area contributed by atoms with Crippen molar-refractivity contribution >= 4 is 56.7 Å². The van der Waals surface area contributed by atoms with Crippen LogP contribution in [0.25, 0.3) is 101 Å². The second-order valence-corrected chi connectivity index (χ2v) is 23.7. The van der Waals surface area contributed by atoms with Gasteiger partial charge in [-0.25, -0.2) is 19.7 Å². The molecule has 0 saturated carbocycles. The Morgan fingerprint density at radius 2 is 0.901 bits per heavy atom. The van der Waals surface area contributed by atoms with E-state index in [1.165, 1.54) is 16.7 Å². The van der Waals surface area contributed by atoms with Gasteiger partial charge in [0.1, 0.15) is 23.3 Å². The lowest BCUT2D eigenvalue weighted by atomic mass is 9.89. The number of aromatic nitrogens is 6. The fourth-order valence-corrected chi connectivity index (χ4v) is 13.0. The highest BCUT2D eigenvalue weighted by atomic mass is 16.4. The van der Waals surface area contributed by atoms with E-state index in [-0.39, 0.29) is 23.3 Å². The summed E-state index contributed by atoms with van der Waals surface area (Å²) < 4.78 is 6.68. The molecule has 3 aromatic heterocycles. The van der Waals surface area contributed by atoms with Crippen LogP contribution >= 0.6 is 0 Å². The maximum absolute atomic E-state index is 13.5. The van der Waals surface area contributed by atoms with E-state index < -0.39 is 5.97 Å². The first kappa shape index (κ1) is 60.6. The van der Waals surface area contributed by atoms with Crippen LogP contribution in [0, 0.1) is 19.3 Å². The van der Waals surface area contributed by atoms with Gasteiger partial charge in [-0.2, -0.15) is 0 Å². The number of nitrogens with one attached hydrogen (secondary N) is 4. The molecule has 3 heterocycles. The second-order valence-electron chi connectivity index (χ2n) is 23.7. The molecule has 0 fully saturated rings. The van der Waals surface area contributed by atoms with Crippen LogP contribution in [-0.4, -0.2) is 78.5 Å². The molecule has 91 heavy (non-hydrogen) atoms. The van der Waals surface area contributed by atoms with Crippen molar-refractivity contribution in [2.45, 2.75) is 85.9 Å². The van der Waals surface area contributed by atoms with Gasteiger partial charge in [-0.05, 0) is 169 Å². The van der Waals surface area contributed by atoms with E-state index in [1.807, 2.05) is 91.0 Å². The summed E-state index contributed by atoms with van der Waals surface area (Å²) in [6, 6.07) is 61.0. The van der Waals surface area contributed by atoms with Crippen LogP contribution in [-0.2, 0) is 32.5 Å². The smallest absolute Gasteiger partial charge is 0.336 e. The number of imidazole rings is 3. The number of amidine groups is 1. The first-order valence-corrected chi connectivity index (χ1v) is 31.2. The number of nitrogens with zero attached hydrogens (tertiary/aromatic N) is 6. The summed E-state index contributed by atoms with van der Waals surface area (Å²) in [7, 11) is 4.99. The van der Waals surface area contributed by atoms with E-state index in [0.29, 0.717) is 65.3 Å². The molecule has 0 atom stereocenters. The fraction of sp³-hybridized carbons (Fsp3) is 0.208. The van der Waals surface area contributed by atoms with Gasteiger partial charge in [-0.1, -0.05) is 141 Å². The van der Waals surface area contributed by atoms with Crippen molar-refractivity contribution in [1.29, 1.82) is 5.41 Å².